The Morgan fingerprint density at radius 3 is 3.06 bits per heavy atom. The molecule has 1 amide bonds. The zero-order valence-electron chi connectivity index (χ0n) is 9.06. The highest BCUT2D eigenvalue weighted by atomic mass is 16.5. The van der Waals surface area contributed by atoms with Gasteiger partial charge in [0.25, 0.3) is 0 Å². The number of nitrogens with two attached hydrogens (primary N) is 1. The van der Waals surface area contributed by atoms with Crippen LogP contribution in [0.2, 0.25) is 0 Å². The molecule has 2 N–H and O–H groups in total. The molecule has 2 rings (SSSR count). The summed E-state index contributed by atoms with van der Waals surface area (Å²) >= 11 is 0. The van der Waals surface area contributed by atoms with E-state index in [0.717, 1.165) is 23.4 Å². The van der Waals surface area contributed by atoms with Gasteiger partial charge < -0.3 is 10.5 Å². The molecule has 1 aromatic rings. The fourth-order valence-corrected chi connectivity index (χ4v) is 1.75. The van der Waals surface area contributed by atoms with Gasteiger partial charge in [0.2, 0.25) is 11.8 Å². The first kappa shape index (κ1) is 10.6. The second kappa shape index (κ2) is 4.30. The molecule has 0 spiro atoms. The third-order valence-corrected chi connectivity index (χ3v) is 2.46. The molecule has 16 heavy (non-hydrogen) atoms. The minimum absolute atomic E-state index is 0.168. The number of primary amides is 1. The van der Waals surface area contributed by atoms with E-state index in [1.807, 2.05) is 6.07 Å². The molecule has 5 heteroatoms. The molecule has 0 unspecified atom stereocenters. The van der Waals surface area contributed by atoms with Crippen molar-refractivity contribution in [2.45, 2.75) is 12.8 Å². The molecule has 1 aliphatic heterocycles. The molecule has 0 saturated heterocycles. The number of nitrogens with zero attached hydrogens (tertiary/aromatic N) is 2. The van der Waals surface area contributed by atoms with Crippen LogP contribution in [0, 0.1) is 0 Å². The standard InChI is InChI=1S/C11H13N3O2/c1-16-11-3-2-7-8(14-11)4-5-13-9(7)6-10(12)15/h2-3H,4-6H2,1H3,(H2,12,15). The van der Waals surface area contributed by atoms with Crippen LogP contribution in [-0.4, -0.2) is 30.3 Å². The van der Waals surface area contributed by atoms with Crippen molar-refractivity contribution in [3.63, 3.8) is 0 Å². The van der Waals surface area contributed by atoms with Gasteiger partial charge in [0, 0.05) is 24.6 Å². The maximum atomic E-state index is 10.9. The lowest BCUT2D eigenvalue weighted by Crippen LogP contribution is -2.21. The molecular formula is C11H13N3O2. The molecule has 2 heterocycles. The molecule has 0 saturated carbocycles. The average molecular weight is 219 g/mol. The number of methoxy groups -OCH3 is 1. The van der Waals surface area contributed by atoms with E-state index in [0.29, 0.717) is 12.4 Å². The highest BCUT2D eigenvalue weighted by Crippen LogP contribution is 2.19. The van der Waals surface area contributed by atoms with Crippen LogP contribution in [-0.2, 0) is 11.2 Å². The Morgan fingerprint density at radius 1 is 1.56 bits per heavy atom. The van der Waals surface area contributed by atoms with Gasteiger partial charge in [-0.3, -0.25) is 9.79 Å². The van der Waals surface area contributed by atoms with Gasteiger partial charge in [-0.2, -0.15) is 0 Å². The van der Waals surface area contributed by atoms with Gasteiger partial charge in [0.1, 0.15) is 0 Å². The molecule has 0 fully saturated rings. The number of hydrogen-bond acceptors (Lipinski definition) is 4. The SMILES string of the molecule is COc1ccc2c(n1)CCN=C2CC(N)=O. The Kier molecular flexibility index (Phi) is 2.85. The maximum absolute atomic E-state index is 10.9. The quantitative estimate of drug-likeness (QED) is 0.794. The van der Waals surface area contributed by atoms with Gasteiger partial charge >= 0.3 is 0 Å². The van der Waals surface area contributed by atoms with E-state index in [1.165, 1.54) is 0 Å². The summed E-state index contributed by atoms with van der Waals surface area (Å²) < 4.78 is 5.05. The molecule has 0 bridgehead atoms. The Labute approximate surface area is 93.3 Å². The molecule has 0 atom stereocenters. The first-order valence-corrected chi connectivity index (χ1v) is 5.06. The first-order valence-electron chi connectivity index (χ1n) is 5.06. The highest BCUT2D eigenvalue weighted by Gasteiger charge is 2.17. The molecule has 0 aliphatic carbocycles. The number of pyridine rings is 1. The van der Waals surface area contributed by atoms with E-state index in [1.54, 1.807) is 13.2 Å². The van der Waals surface area contributed by atoms with Gasteiger partial charge in [0.15, 0.2) is 0 Å². The van der Waals surface area contributed by atoms with Crippen LogP contribution >= 0.6 is 0 Å². The van der Waals surface area contributed by atoms with Crippen molar-refractivity contribution in [2.24, 2.45) is 10.7 Å². The van der Waals surface area contributed by atoms with Crippen LogP contribution in [0.5, 0.6) is 5.88 Å². The summed E-state index contributed by atoms with van der Waals surface area (Å²) in [5.74, 6) is 0.210. The zero-order chi connectivity index (χ0) is 11.5. The molecular weight excluding hydrogens is 206 g/mol. The molecule has 0 aromatic carbocycles. The molecule has 1 aliphatic rings. The third-order valence-electron chi connectivity index (χ3n) is 2.46. The number of aliphatic imine (C=N–C) groups is 1. The van der Waals surface area contributed by atoms with Crippen molar-refractivity contribution in [1.82, 2.24) is 4.98 Å². The maximum Gasteiger partial charge on any atom is 0.223 e. The largest absolute Gasteiger partial charge is 0.481 e. The Bertz CT molecular complexity index is 455. The van der Waals surface area contributed by atoms with Crippen LogP contribution in [0.3, 0.4) is 0 Å². The second-order valence-corrected chi connectivity index (χ2v) is 3.57. The summed E-state index contributed by atoms with van der Waals surface area (Å²) in [6.07, 6.45) is 0.940. The molecule has 1 aromatic heterocycles. The second-order valence-electron chi connectivity index (χ2n) is 3.57. The average Bonchev–Trinajstić information content (AvgIpc) is 2.28. The topological polar surface area (TPSA) is 77.6 Å². The summed E-state index contributed by atoms with van der Waals surface area (Å²) in [6, 6.07) is 3.64. The molecule has 0 radical (unpaired) electrons. The Balaban J connectivity index is 2.35. The van der Waals surface area contributed by atoms with Crippen LogP contribution in [0.25, 0.3) is 0 Å². The van der Waals surface area contributed by atoms with Crippen molar-refractivity contribution in [2.75, 3.05) is 13.7 Å². The normalized spacial score (nSPS) is 13.9. The van der Waals surface area contributed by atoms with Crippen LogP contribution in [0.1, 0.15) is 17.7 Å². The first-order chi connectivity index (χ1) is 7.70. The summed E-state index contributed by atoms with van der Waals surface area (Å²) in [6.45, 7) is 0.649. The number of ether oxygens (including phenoxy) is 1. The van der Waals surface area contributed by atoms with Gasteiger partial charge in [-0.1, -0.05) is 0 Å². The lowest BCUT2D eigenvalue weighted by Gasteiger charge is -2.15. The third kappa shape index (κ3) is 2.03. The van der Waals surface area contributed by atoms with Crippen molar-refractivity contribution in [3.05, 3.63) is 23.4 Å². The lowest BCUT2D eigenvalue weighted by atomic mass is 10.0. The van der Waals surface area contributed by atoms with Crippen LogP contribution < -0.4 is 10.5 Å². The number of rotatable bonds is 3. The highest BCUT2D eigenvalue weighted by molar-refractivity contribution is 6.11. The summed E-state index contributed by atoms with van der Waals surface area (Å²) in [4.78, 5) is 19.5. The fourth-order valence-electron chi connectivity index (χ4n) is 1.75. The van der Waals surface area contributed by atoms with E-state index in [4.69, 9.17) is 10.5 Å². The fraction of sp³-hybridized carbons (Fsp3) is 0.364. The Morgan fingerprint density at radius 2 is 2.38 bits per heavy atom. The minimum Gasteiger partial charge on any atom is -0.481 e. The summed E-state index contributed by atoms with van der Waals surface area (Å²) in [5, 5.41) is 0. The van der Waals surface area contributed by atoms with E-state index < -0.39 is 0 Å². The Hall–Kier alpha value is -1.91. The summed E-state index contributed by atoms with van der Waals surface area (Å²) in [7, 11) is 1.58. The predicted octanol–water partition coefficient (Wildman–Crippen LogP) is 0.311. The zero-order valence-corrected chi connectivity index (χ0v) is 9.06. The number of carbonyl (C=O) groups is 1. The lowest BCUT2D eigenvalue weighted by molar-refractivity contribution is -0.116. The predicted molar refractivity (Wildman–Crippen MR) is 59.7 cm³/mol. The van der Waals surface area contributed by atoms with Crippen molar-refractivity contribution in [1.29, 1.82) is 0 Å². The van der Waals surface area contributed by atoms with Crippen molar-refractivity contribution >= 4 is 11.6 Å². The van der Waals surface area contributed by atoms with Crippen molar-refractivity contribution < 1.29 is 9.53 Å². The van der Waals surface area contributed by atoms with Gasteiger partial charge in [-0.15, -0.1) is 0 Å². The number of hydrogen-bond donors (Lipinski definition) is 1. The monoisotopic (exact) mass is 219 g/mol. The number of carbonyl (C=O) groups excluding carboxylic acids is 1. The molecule has 5 nitrogen and oxygen atoms in total. The number of amides is 1. The van der Waals surface area contributed by atoms with Gasteiger partial charge in [-0.05, 0) is 6.07 Å². The van der Waals surface area contributed by atoms with Crippen molar-refractivity contribution in [3.8, 4) is 5.88 Å². The minimum atomic E-state index is -0.373. The smallest absolute Gasteiger partial charge is 0.223 e. The number of aromatic nitrogens is 1. The number of fused-ring (bicyclic) bond motifs is 1. The van der Waals surface area contributed by atoms with Gasteiger partial charge in [0.05, 0.1) is 24.9 Å². The molecule has 84 valence electrons. The van der Waals surface area contributed by atoms with E-state index in [-0.39, 0.29) is 12.3 Å². The van der Waals surface area contributed by atoms with Crippen LogP contribution in [0.4, 0.5) is 0 Å². The van der Waals surface area contributed by atoms with E-state index in [2.05, 4.69) is 9.98 Å². The summed E-state index contributed by atoms with van der Waals surface area (Å²) in [5.41, 5.74) is 7.73. The van der Waals surface area contributed by atoms with Crippen LogP contribution in [0.15, 0.2) is 17.1 Å². The van der Waals surface area contributed by atoms with E-state index >= 15 is 0 Å². The van der Waals surface area contributed by atoms with Gasteiger partial charge in [-0.25, -0.2) is 4.98 Å². The van der Waals surface area contributed by atoms with E-state index in [9.17, 15) is 4.79 Å².